The van der Waals surface area contributed by atoms with Crippen molar-refractivity contribution in [3.8, 4) is 0 Å². The van der Waals surface area contributed by atoms with E-state index in [0.29, 0.717) is 10.8 Å². The molecule has 4 aromatic rings. The molecule has 0 unspecified atom stereocenters. The predicted molar refractivity (Wildman–Crippen MR) is 105 cm³/mol. The fraction of sp³-hybridized carbons (Fsp3) is 0.158. The summed E-state index contributed by atoms with van der Waals surface area (Å²) in [7, 11) is 0. The Kier molecular flexibility index (Phi) is 4.38. The van der Waals surface area contributed by atoms with Crippen LogP contribution in [0.3, 0.4) is 0 Å². The van der Waals surface area contributed by atoms with Crippen LogP contribution in [0.15, 0.2) is 53.2 Å². The Morgan fingerprint density at radius 2 is 2.04 bits per heavy atom. The summed E-state index contributed by atoms with van der Waals surface area (Å²) in [6.07, 6.45) is 0.886. The first-order valence-corrected chi connectivity index (χ1v) is 9.81. The largest absolute Gasteiger partial charge is 0.335 e. The number of carbonyl (C=O) groups is 1. The maximum Gasteiger partial charge on any atom is 0.274 e. The molecular weight excluding hydrogens is 350 g/mol. The van der Waals surface area contributed by atoms with Crippen molar-refractivity contribution in [2.45, 2.75) is 19.9 Å². The van der Waals surface area contributed by atoms with Crippen LogP contribution in [-0.4, -0.2) is 15.5 Å². The Morgan fingerprint density at radius 3 is 2.80 bits per heavy atom. The highest BCUT2D eigenvalue weighted by atomic mass is 32.1. The number of aromatic nitrogens is 2. The molecule has 0 fully saturated rings. The molecule has 25 heavy (non-hydrogen) atoms. The molecule has 1 amide bonds. The topological polar surface area (TPSA) is 46.9 Å². The smallest absolute Gasteiger partial charge is 0.274 e. The van der Waals surface area contributed by atoms with Crippen molar-refractivity contribution in [1.82, 2.24) is 9.55 Å². The van der Waals surface area contributed by atoms with Gasteiger partial charge in [-0.1, -0.05) is 30.3 Å². The van der Waals surface area contributed by atoms with Crippen LogP contribution in [-0.2, 0) is 13.0 Å². The number of nitrogens with zero attached hydrogens (tertiary/aromatic N) is 2. The number of nitrogens with one attached hydrogen (secondary N) is 1. The lowest BCUT2D eigenvalue weighted by Crippen LogP contribution is -2.17. The molecule has 4 nitrogen and oxygen atoms in total. The van der Waals surface area contributed by atoms with Gasteiger partial charge in [-0.05, 0) is 36.4 Å². The van der Waals surface area contributed by atoms with Crippen molar-refractivity contribution in [1.29, 1.82) is 0 Å². The van der Waals surface area contributed by atoms with Crippen LogP contribution < -0.4 is 5.32 Å². The normalized spacial score (nSPS) is 11.1. The van der Waals surface area contributed by atoms with Gasteiger partial charge < -0.3 is 4.57 Å². The molecule has 1 aromatic carbocycles. The minimum Gasteiger partial charge on any atom is -0.335 e. The zero-order valence-corrected chi connectivity index (χ0v) is 15.4. The van der Waals surface area contributed by atoms with Gasteiger partial charge in [0.05, 0.1) is 15.9 Å². The Bertz CT molecular complexity index is 1010. The number of rotatable bonds is 5. The quantitative estimate of drug-likeness (QED) is 0.542. The average Bonchev–Trinajstić information content (AvgIpc) is 3.30. The van der Waals surface area contributed by atoms with Crippen LogP contribution in [0.25, 0.3) is 10.2 Å². The molecule has 0 saturated carbocycles. The molecule has 3 aromatic heterocycles. The number of thiophene rings is 1. The maximum absolute atomic E-state index is 12.8. The van der Waals surface area contributed by atoms with Gasteiger partial charge in [0.1, 0.15) is 5.69 Å². The Balaban J connectivity index is 1.61. The lowest BCUT2D eigenvalue weighted by Gasteiger charge is -2.10. The lowest BCUT2D eigenvalue weighted by atomic mass is 10.1. The molecule has 0 spiro atoms. The fourth-order valence-electron chi connectivity index (χ4n) is 2.86. The van der Waals surface area contributed by atoms with Gasteiger partial charge in [0.15, 0.2) is 5.13 Å². The lowest BCUT2D eigenvalue weighted by molar-refractivity contribution is 0.101. The molecular formula is C19H17N3OS2. The maximum atomic E-state index is 12.8. The van der Waals surface area contributed by atoms with E-state index in [9.17, 15) is 4.79 Å². The summed E-state index contributed by atoms with van der Waals surface area (Å²) < 4.78 is 3.24. The van der Waals surface area contributed by atoms with Gasteiger partial charge >= 0.3 is 0 Å². The number of benzene rings is 1. The van der Waals surface area contributed by atoms with Gasteiger partial charge in [-0.15, -0.1) is 22.7 Å². The van der Waals surface area contributed by atoms with E-state index in [1.54, 1.807) is 11.3 Å². The van der Waals surface area contributed by atoms with E-state index < -0.39 is 0 Å². The zero-order valence-electron chi connectivity index (χ0n) is 13.7. The Morgan fingerprint density at radius 1 is 1.20 bits per heavy atom. The van der Waals surface area contributed by atoms with Gasteiger partial charge in [0.25, 0.3) is 5.91 Å². The van der Waals surface area contributed by atoms with Gasteiger partial charge in [0.2, 0.25) is 0 Å². The summed E-state index contributed by atoms with van der Waals surface area (Å²) in [6, 6.07) is 14.4. The van der Waals surface area contributed by atoms with E-state index in [1.165, 1.54) is 16.9 Å². The minimum absolute atomic E-state index is 0.106. The molecule has 0 atom stereocenters. The molecule has 0 radical (unpaired) electrons. The van der Waals surface area contributed by atoms with Crippen LogP contribution in [0.4, 0.5) is 5.13 Å². The number of hydrogen-bond donors (Lipinski definition) is 1. The molecule has 1 N–H and O–H groups in total. The molecule has 3 heterocycles. The second-order valence-electron chi connectivity index (χ2n) is 5.84. The number of amides is 1. The number of fused-ring (bicyclic) bond motifs is 1. The summed E-state index contributed by atoms with van der Waals surface area (Å²) in [6.45, 7) is 2.69. The van der Waals surface area contributed by atoms with E-state index in [4.69, 9.17) is 0 Å². The molecule has 0 aliphatic heterocycles. The molecule has 0 aliphatic rings. The van der Waals surface area contributed by atoms with Gasteiger partial charge in [-0.25, -0.2) is 4.98 Å². The number of anilines is 1. The van der Waals surface area contributed by atoms with Crippen molar-refractivity contribution >= 4 is 43.9 Å². The van der Waals surface area contributed by atoms with E-state index in [2.05, 4.69) is 38.4 Å². The molecule has 6 heteroatoms. The third kappa shape index (κ3) is 3.36. The van der Waals surface area contributed by atoms with Crippen molar-refractivity contribution in [3.63, 3.8) is 0 Å². The Hall–Kier alpha value is -2.44. The highest BCUT2D eigenvalue weighted by Gasteiger charge is 2.17. The summed E-state index contributed by atoms with van der Waals surface area (Å²) >= 11 is 3.11. The van der Waals surface area contributed by atoms with Crippen molar-refractivity contribution in [2.75, 3.05) is 5.32 Å². The molecule has 4 rings (SSSR count). The highest BCUT2D eigenvalue weighted by Crippen LogP contribution is 2.26. The van der Waals surface area contributed by atoms with Crippen LogP contribution in [0.5, 0.6) is 0 Å². The second kappa shape index (κ2) is 6.82. The third-order valence-electron chi connectivity index (χ3n) is 4.06. The summed E-state index contributed by atoms with van der Waals surface area (Å²) in [5.41, 5.74) is 3.98. The number of aryl methyl sites for hydroxylation is 3. The number of thiazole rings is 1. The van der Waals surface area contributed by atoms with Gasteiger partial charge in [0, 0.05) is 11.9 Å². The monoisotopic (exact) mass is 367 g/mol. The Labute approximate surface area is 153 Å². The fourth-order valence-corrected chi connectivity index (χ4v) is 4.37. The summed E-state index contributed by atoms with van der Waals surface area (Å²) in [5, 5.41) is 7.56. The van der Waals surface area contributed by atoms with E-state index in [-0.39, 0.29) is 5.91 Å². The molecule has 0 saturated heterocycles. The number of hydrogen-bond acceptors (Lipinski definition) is 4. The summed E-state index contributed by atoms with van der Waals surface area (Å²) in [5.74, 6) is -0.106. The first-order valence-electron chi connectivity index (χ1n) is 8.05. The molecule has 126 valence electrons. The van der Waals surface area contributed by atoms with Crippen molar-refractivity contribution in [2.24, 2.45) is 0 Å². The summed E-state index contributed by atoms with van der Waals surface area (Å²) in [4.78, 5) is 17.1. The first-order chi connectivity index (χ1) is 12.2. The van der Waals surface area contributed by atoms with Crippen LogP contribution in [0, 0.1) is 6.92 Å². The second-order valence-corrected chi connectivity index (χ2v) is 7.64. The first kappa shape index (κ1) is 16.1. The van der Waals surface area contributed by atoms with E-state index in [0.717, 1.165) is 28.9 Å². The van der Waals surface area contributed by atoms with E-state index >= 15 is 0 Å². The average molecular weight is 367 g/mol. The molecule has 0 aliphatic carbocycles. The van der Waals surface area contributed by atoms with Crippen LogP contribution >= 0.6 is 22.7 Å². The highest BCUT2D eigenvalue weighted by molar-refractivity contribution is 7.17. The SMILES string of the molecule is Cc1csc(NC(=O)c2cc3sccc3n2CCc2ccccc2)n1. The van der Waals surface area contributed by atoms with Gasteiger partial charge in [-0.3, -0.25) is 10.1 Å². The third-order valence-corrected chi connectivity index (χ3v) is 5.79. The number of carbonyl (C=O) groups excluding carboxylic acids is 1. The van der Waals surface area contributed by atoms with Crippen molar-refractivity contribution < 1.29 is 4.79 Å². The van der Waals surface area contributed by atoms with Crippen LogP contribution in [0.1, 0.15) is 21.7 Å². The standard InChI is InChI=1S/C19H17N3OS2/c1-13-12-25-19(20-13)21-18(23)16-11-17-15(8-10-24-17)22(16)9-7-14-5-3-2-4-6-14/h2-6,8,10-12H,7,9H2,1H3,(H,20,21,23). The van der Waals surface area contributed by atoms with E-state index in [1.807, 2.05) is 36.6 Å². The predicted octanol–water partition coefficient (Wildman–Crippen LogP) is 4.96. The zero-order chi connectivity index (χ0) is 17.2. The van der Waals surface area contributed by atoms with Gasteiger partial charge in [-0.2, -0.15) is 0 Å². The van der Waals surface area contributed by atoms with Crippen LogP contribution in [0.2, 0.25) is 0 Å². The molecule has 0 bridgehead atoms. The van der Waals surface area contributed by atoms with Crippen molar-refractivity contribution in [3.05, 3.63) is 70.2 Å². The minimum atomic E-state index is -0.106.